The third-order valence-corrected chi connectivity index (χ3v) is 3.73. The van der Waals surface area contributed by atoms with E-state index < -0.39 is 0 Å². The molecule has 4 heteroatoms. The average Bonchev–Trinajstić information content (AvgIpc) is 2.39. The smallest absolute Gasteiger partial charge is 0.255 e. The molecule has 0 saturated carbocycles. The molecule has 21 heavy (non-hydrogen) atoms. The van der Waals surface area contributed by atoms with Crippen LogP contribution in [-0.4, -0.2) is 5.91 Å². The zero-order valence-corrected chi connectivity index (χ0v) is 13.7. The topological polar surface area (TPSA) is 29.1 Å². The van der Waals surface area contributed by atoms with Crippen molar-refractivity contribution in [2.24, 2.45) is 0 Å². The summed E-state index contributed by atoms with van der Waals surface area (Å²) in [6.45, 7) is 6.17. The van der Waals surface area contributed by atoms with Crippen molar-refractivity contribution in [1.29, 1.82) is 0 Å². The van der Waals surface area contributed by atoms with Gasteiger partial charge < -0.3 is 5.32 Å². The van der Waals surface area contributed by atoms with Gasteiger partial charge in [0, 0.05) is 21.3 Å². The second-order valence-electron chi connectivity index (χ2n) is 5.31. The summed E-state index contributed by atoms with van der Waals surface area (Å²) in [4.78, 5) is 12.4. The van der Waals surface area contributed by atoms with Crippen LogP contribution in [0.5, 0.6) is 0 Å². The van der Waals surface area contributed by atoms with E-state index in [-0.39, 0.29) is 5.91 Å². The van der Waals surface area contributed by atoms with Crippen molar-refractivity contribution in [3.63, 3.8) is 0 Å². The first-order valence-electron chi connectivity index (χ1n) is 6.75. The highest BCUT2D eigenvalue weighted by Gasteiger charge is 2.14. The first kappa shape index (κ1) is 15.9. The minimum Gasteiger partial charge on any atom is -0.321 e. The number of hydrogen-bond acceptors (Lipinski definition) is 1. The van der Waals surface area contributed by atoms with Gasteiger partial charge in [0.2, 0.25) is 0 Å². The zero-order valence-electron chi connectivity index (χ0n) is 12.2. The Morgan fingerprint density at radius 2 is 1.71 bits per heavy atom. The van der Waals surface area contributed by atoms with E-state index in [1.54, 1.807) is 18.2 Å². The Bertz CT molecular complexity index is 660. The molecule has 1 amide bonds. The van der Waals surface area contributed by atoms with E-state index in [9.17, 15) is 4.79 Å². The Morgan fingerprint density at radius 3 is 2.29 bits per heavy atom. The summed E-state index contributed by atoms with van der Waals surface area (Å²) in [5, 5.41) is 3.87. The van der Waals surface area contributed by atoms with Gasteiger partial charge in [0.1, 0.15) is 0 Å². The molecule has 0 atom stereocenters. The molecular formula is C17H17Cl2NO. The van der Waals surface area contributed by atoms with Crippen molar-refractivity contribution >= 4 is 34.8 Å². The van der Waals surface area contributed by atoms with Gasteiger partial charge in [0.25, 0.3) is 5.91 Å². The Labute approximate surface area is 135 Å². The predicted molar refractivity (Wildman–Crippen MR) is 89.7 cm³/mol. The molecule has 2 aromatic carbocycles. The van der Waals surface area contributed by atoms with Gasteiger partial charge in [-0.1, -0.05) is 55.2 Å². The summed E-state index contributed by atoms with van der Waals surface area (Å²) < 4.78 is 0. The molecule has 0 saturated heterocycles. The molecule has 110 valence electrons. The number of rotatable bonds is 3. The van der Waals surface area contributed by atoms with Gasteiger partial charge in [-0.05, 0) is 42.2 Å². The third-order valence-electron chi connectivity index (χ3n) is 3.29. The molecule has 0 aromatic heterocycles. The molecule has 2 rings (SSSR count). The Hall–Kier alpha value is -1.51. The Balaban J connectivity index is 2.36. The summed E-state index contributed by atoms with van der Waals surface area (Å²) in [6, 6.07) is 10.8. The molecule has 0 aliphatic heterocycles. The molecule has 2 nitrogen and oxygen atoms in total. The van der Waals surface area contributed by atoms with Crippen molar-refractivity contribution in [2.45, 2.75) is 26.7 Å². The van der Waals surface area contributed by atoms with Crippen molar-refractivity contribution in [1.82, 2.24) is 0 Å². The average molecular weight is 322 g/mol. The number of amides is 1. The quantitative estimate of drug-likeness (QED) is 0.774. The fourth-order valence-corrected chi connectivity index (χ4v) is 2.74. The maximum absolute atomic E-state index is 12.4. The van der Waals surface area contributed by atoms with Crippen LogP contribution in [0.1, 0.15) is 41.3 Å². The molecule has 0 bridgehead atoms. The largest absolute Gasteiger partial charge is 0.321 e. The van der Waals surface area contributed by atoms with E-state index in [0.29, 0.717) is 21.5 Å². The number of halogens is 2. The standard InChI is InChI=1S/C17H17Cl2NO/c1-10(2)15-6-4-5-11(3)16(15)20-17(21)12-7-13(18)9-14(19)8-12/h4-10H,1-3H3,(H,20,21). The highest BCUT2D eigenvalue weighted by molar-refractivity contribution is 6.35. The van der Waals surface area contributed by atoms with E-state index >= 15 is 0 Å². The lowest BCUT2D eigenvalue weighted by Crippen LogP contribution is -2.14. The van der Waals surface area contributed by atoms with Gasteiger partial charge in [-0.25, -0.2) is 0 Å². The molecule has 0 heterocycles. The molecule has 0 aliphatic rings. The van der Waals surface area contributed by atoms with Gasteiger partial charge in [0.05, 0.1) is 0 Å². The molecule has 0 spiro atoms. The molecule has 0 aliphatic carbocycles. The molecule has 0 unspecified atom stereocenters. The van der Waals surface area contributed by atoms with Crippen LogP contribution in [0.25, 0.3) is 0 Å². The van der Waals surface area contributed by atoms with Crippen LogP contribution in [0, 0.1) is 6.92 Å². The van der Waals surface area contributed by atoms with E-state index in [1.807, 2.05) is 25.1 Å². The number of nitrogens with one attached hydrogen (secondary N) is 1. The molecule has 2 aromatic rings. The first-order chi connectivity index (χ1) is 9.88. The summed E-state index contributed by atoms with van der Waals surface area (Å²) in [7, 11) is 0. The van der Waals surface area contributed by atoms with Crippen molar-refractivity contribution < 1.29 is 4.79 Å². The van der Waals surface area contributed by atoms with E-state index in [1.165, 1.54) is 0 Å². The Kier molecular flexibility index (Phi) is 4.92. The molecule has 0 fully saturated rings. The van der Waals surface area contributed by atoms with Crippen LogP contribution < -0.4 is 5.32 Å². The molecule has 0 radical (unpaired) electrons. The highest BCUT2D eigenvalue weighted by Crippen LogP contribution is 2.28. The van der Waals surface area contributed by atoms with Crippen LogP contribution in [0.3, 0.4) is 0 Å². The minimum absolute atomic E-state index is 0.212. The van der Waals surface area contributed by atoms with Crippen molar-refractivity contribution in [3.05, 3.63) is 63.1 Å². The summed E-state index contributed by atoms with van der Waals surface area (Å²) in [5.74, 6) is 0.110. The maximum atomic E-state index is 12.4. The van der Waals surface area contributed by atoms with Gasteiger partial charge in [-0.15, -0.1) is 0 Å². The van der Waals surface area contributed by atoms with Gasteiger partial charge in [-0.2, -0.15) is 0 Å². The lowest BCUT2D eigenvalue weighted by Gasteiger charge is -2.16. The SMILES string of the molecule is Cc1cccc(C(C)C)c1NC(=O)c1cc(Cl)cc(Cl)c1. The number of carbonyl (C=O) groups excluding carboxylic acids is 1. The van der Waals surface area contributed by atoms with Crippen LogP contribution in [0.15, 0.2) is 36.4 Å². The number of benzene rings is 2. The fraction of sp³-hybridized carbons (Fsp3) is 0.235. The summed E-state index contributed by atoms with van der Waals surface area (Å²) >= 11 is 11.9. The number of anilines is 1. The van der Waals surface area contributed by atoms with E-state index in [0.717, 1.165) is 16.8 Å². The fourth-order valence-electron chi connectivity index (χ4n) is 2.21. The van der Waals surface area contributed by atoms with Gasteiger partial charge in [-0.3, -0.25) is 4.79 Å². The van der Waals surface area contributed by atoms with Crippen molar-refractivity contribution in [2.75, 3.05) is 5.32 Å². The lowest BCUT2D eigenvalue weighted by atomic mass is 9.98. The zero-order chi connectivity index (χ0) is 15.6. The number of para-hydroxylation sites is 1. The van der Waals surface area contributed by atoms with Crippen LogP contribution >= 0.6 is 23.2 Å². The van der Waals surface area contributed by atoms with Crippen LogP contribution in [0.2, 0.25) is 10.0 Å². The maximum Gasteiger partial charge on any atom is 0.255 e. The van der Waals surface area contributed by atoms with E-state index in [2.05, 4.69) is 19.2 Å². The van der Waals surface area contributed by atoms with Crippen molar-refractivity contribution in [3.8, 4) is 0 Å². The number of carbonyl (C=O) groups is 1. The number of hydrogen-bond donors (Lipinski definition) is 1. The summed E-state index contributed by atoms with van der Waals surface area (Å²) in [6.07, 6.45) is 0. The molecule has 1 N–H and O–H groups in total. The van der Waals surface area contributed by atoms with E-state index in [4.69, 9.17) is 23.2 Å². The lowest BCUT2D eigenvalue weighted by molar-refractivity contribution is 0.102. The second kappa shape index (κ2) is 6.50. The highest BCUT2D eigenvalue weighted by atomic mass is 35.5. The van der Waals surface area contributed by atoms with Gasteiger partial charge in [0.15, 0.2) is 0 Å². The molecular weight excluding hydrogens is 305 g/mol. The first-order valence-corrected chi connectivity index (χ1v) is 7.51. The van der Waals surface area contributed by atoms with Crippen LogP contribution in [-0.2, 0) is 0 Å². The van der Waals surface area contributed by atoms with Crippen LogP contribution in [0.4, 0.5) is 5.69 Å². The Morgan fingerprint density at radius 1 is 1.10 bits per heavy atom. The summed E-state index contributed by atoms with van der Waals surface area (Å²) in [5.41, 5.74) is 3.44. The minimum atomic E-state index is -0.212. The normalized spacial score (nSPS) is 10.8. The third kappa shape index (κ3) is 3.78. The van der Waals surface area contributed by atoms with Gasteiger partial charge >= 0.3 is 0 Å². The predicted octanol–water partition coefficient (Wildman–Crippen LogP) is 5.68. The monoisotopic (exact) mass is 321 g/mol. The second-order valence-corrected chi connectivity index (χ2v) is 6.18. The number of aryl methyl sites for hydroxylation is 1.